The van der Waals surface area contributed by atoms with E-state index < -0.39 is 22.0 Å². The molecule has 0 bridgehead atoms. The molecule has 0 fully saturated rings. The summed E-state index contributed by atoms with van der Waals surface area (Å²) < 4.78 is 26.8. The van der Waals surface area contributed by atoms with Crippen molar-refractivity contribution in [3.05, 3.63) is 101 Å². The van der Waals surface area contributed by atoms with E-state index in [1.54, 1.807) is 17.0 Å². The fourth-order valence-electron chi connectivity index (χ4n) is 4.94. The van der Waals surface area contributed by atoms with Crippen LogP contribution >= 0.6 is 0 Å². The van der Waals surface area contributed by atoms with E-state index in [4.69, 9.17) is 0 Å². The molecule has 1 aliphatic heterocycles. The average molecular weight is 576 g/mol. The first-order valence-electron chi connectivity index (χ1n) is 14.0. The van der Waals surface area contributed by atoms with Crippen LogP contribution in [0.15, 0.2) is 83.8 Å². The van der Waals surface area contributed by atoms with Crippen LogP contribution in [0.5, 0.6) is 0 Å². The first kappa shape index (κ1) is 30.0. The third kappa shape index (κ3) is 6.85. The van der Waals surface area contributed by atoms with Gasteiger partial charge in [0.15, 0.2) is 0 Å². The van der Waals surface area contributed by atoms with Gasteiger partial charge in [0.05, 0.1) is 5.56 Å². The molecular formula is C32H37N3O5S. The van der Waals surface area contributed by atoms with Gasteiger partial charge in [0.1, 0.15) is 10.9 Å². The van der Waals surface area contributed by atoms with Crippen LogP contribution < -0.4 is 5.32 Å². The summed E-state index contributed by atoms with van der Waals surface area (Å²) in [5.41, 5.74) is 2.98. The lowest BCUT2D eigenvalue weighted by molar-refractivity contribution is -0.141. The lowest BCUT2D eigenvalue weighted by Crippen LogP contribution is -2.52. The molecule has 8 nitrogen and oxygen atoms in total. The van der Waals surface area contributed by atoms with Crippen molar-refractivity contribution < 1.29 is 22.8 Å². The largest absolute Gasteiger partial charge is 0.352 e. The number of fused-ring (bicyclic) bond motifs is 1. The van der Waals surface area contributed by atoms with Crippen molar-refractivity contribution in [3.8, 4) is 0 Å². The summed E-state index contributed by atoms with van der Waals surface area (Å²) in [7, 11) is -3.96. The van der Waals surface area contributed by atoms with Crippen LogP contribution in [0.4, 0.5) is 0 Å². The molecular weight excluding hydrogens is 538 g/mol. The van der Waals surface area contributed by atoms with E-state index in [0.717, 1.165) is 27.4 Å². The summed E-state index contributed by atoms with van der Waals surface area (Å²) in [6, 6.07) is 22.6. The Labute approximate surface area is 242 Å². The van der Waals surface area contributed by atoms with Gasteiger partial charge >= 0.3 is 0 Å². The molecule has 0 aromatic heterocycles. The molecule has 0 radical (unpaired) electrons. The van der Waals surface area contributed by atoms with Gasteiger partial charge < -0.3 is 10.2 Å². The van der Waals surface area contributed by atoms with Crippen LogP contribution in [0, 0.1) is 6.92 Å². The highest BCUT2D eigenvalue weighted by molar-refractivity contribution is 7.90. The summed E-state index contributed by atoms with van der Waals surface area (Å²) in [5.74, 6) is -1.10. The third-order valence-electron chi connectivity index (χ3n) is 7.54. The smallest absolute Gasteiger partial charge is 0.269 e. The molecule has 4 rings (SSSR count). The molecule has 3 amide bonds. The van der Waals surface area contributed by atoms with Crippen molar-refractivity contribution in [3.63, 3.8) is 0 Å². The number of aryl methyl sites for hydroxylation is 1. The van der Waals surface area contributed by atoms with E-state index in [2.05, 4.69) is 5.32 Å². The Balaban J connectivity index is 1.58. The number of rotatable bonds is 12. The summed E-state index contributed by atoms with van der Waals surface area (Å²) in [6.45, 7) is 5.98. The van der Waals surface area contributed by atoms with E-state index in [-0.39, 0.29) is 54.2 Å². The maximum Gasteiger partial charge on any atom is 0.269 e. The second-order valence-electron chi connectivity index (χ2n) is 10.5. The zero-order chi connectivity index (χ0) is 29.6. The van der Waals surface area contributed by atoms with Gasteiger partial charge in [-0.1, -0.05) is 73.7 Å². The van der Waals surface area contributed by atoms with Crippen molar-refractivity contribution in [2.45, 2.75) is 70.0 Å². The highest BCUT2D eigenvalue weighted by Crippen LogP contribution is 2.30. The van der Waals surface area contributed by atoms with Gasteiger partial charge in [-0.2, -0.15) is 0 Å². The summed E-state index contributed by atoms with van der Waals surface area (Å²) in [5, 5.41) is 3.05. The van der Waals surface area contributed by atoms with Gasteiger partial charge in [-0.15, -0.1) is 0 Å². The number of hydrogen-bond donors (Lipinski definition) is 1. The van der Waals surface area contributed by atoms with Gasteiger partial charge in [0, 0.05) is 32.0 Å². The predicted octanol–water partition coefficient (Wildman–Crippen LogP) is 4.47. The van der Waals surface area contributed by atoms with Crippen molar-refractivity contribution >= 4 is 27.7 Å². The molecule has 216 valence electrons. The molecule has 3 aromatic rings. The van der Waals surface area contributed by atoms with Crippen LogP contribution in [0.2, 0.25) is 0 Å². The lowest BCUT2D eigenvalue weighted by atomic mass is 10.0. The van der Waals surface area contributed by atoms with E-state index >= 15 is 0 Å². The molecule has 0 unspecified atom stereocenters. The quantitative estimate of drug-likeness (QED) is 0.343. The van der Waals surface area contributed by atoms with Crippen molar-refractivity contribution in [2.75, 3.05) is 6.54 Å². The highest BCUT2D eigenvalue weighted by Gasteiger charge is 2.40. The minimum atomic E-state index is -3.96. The van der Waals surface area contributed by atoms with Crippen LogP contribution in [-0.4, -0.2) is 54.0 Å². The minimum absolute atomic E-state index is 0.0119. The summed E-state index contributed by atoms with van der Waals surface area (Å²) in [4.78, 5) is 41.9. The summed E-state index contributed by atoms with van der Waals surface area (Å²) in [6.07, 6.45) is 1.18. The van der Waals surface area contributed by atoms with E-state index in [1.807, 2.05) is 75.4 Å². The first-order chi connectivity index (χ1) is 19.6. The number of carbonyl (C=O) groups is 3. The maximum atomic E-state index is 13.9. The number of hydrogen-bond acceptors (Lipinski definition) is 5. The molecule has 0 aliphatic carbocycles. The molecule has 9 heteroatoms. The van der Waals surface area contributed by atoms with Crippen LogP contribution in [0.25, 0.3) is 0 Å². The predicted molar refractivity (Wildman–Crippen MR) is 157 cm³/mol. The Kier molecular flexibility index (Phi) is 9.60. The zero-order valence-electron chi connectivity index (χ0n) is 23.7. The summed E-state index contributed by atoms with van der Waals surface area (Å²) >= 11 is 0. The Morgan fingerprint density at radius 2 is 1.61 bits per heavy atom. The van der Waals surface area contributed by atoms with Crippen LogP contribution in [0.1, 0.15) is 60.2 Å². The van der Waals surface area contributed by atoms with Gasteiger partial charge in [0.25, 0.3) is 15.9 Å². The first-order valence-corrected chi connectivity index (χ1v) is 15.4. The Morgan fingerprint density at radius 3 is 2.29 bits per heavy atom. The van der Waals surface area contributed by atoms with E-state index in [1.165, 1.54) is 12.1 Å². The molecule has 2 atom stereocenters. The fourth-order valence-corrected chi connectivity index (χ4v) is 6.54. The Hall–Kier alpha value is -3.98. The molecule has 0 spiro atoms. The SMILES string of the molecule is CC[C@@H](C)NC(=O)[C@@H](Cc1ccccc1)N(Cc1ccccc1C)C(=O)CCCN1C(=O)c2ccccc2S1(=O)=O. The van der Waals surface area contributed by atoms with Crippen molar-refractivity contribution in [1.82, 2.24) is 14.5 Å². The number of sulfonamides is 1. The Morgan fingerprint density at radius 1 is 0.951 bits per heavy atom. The van der Waals surface area contributed by atoms with E-state index in [0.29, 0.717) is 6.42 Å². The van der Waals surface area contributed by atoms with Gasteiger partial charge in [-0.25, -0.2) is 12.7 Å². The monoisotopic (exact) mass is 575 g/mol. The van der Waals surface area contributed by atoms with Gasteiger partial charge in [-0.3, -0.25) is 14.4 Å². The maximum absolute atomic E-state index is 13.9. The average Bonchev–Trinajstić information content (AvgIpc) is 3.16. The topological polar surface area (TPSA) is 104 Å². The number of nitrogens with zero attached hydrogens (tertiary/aromatic N) is 2. The number of benzene rings is 3. The van der Waals surface area contributed by atoms with E-state index in [9.17, 15) is 22.8 Å². The number of carbonyl (C=O) groups excluding carboxylic acids is 3. The second kappa shape index (κ2) is 13.1. The standard InChI is InChI=1S/C32H37N3O5S/c1-4-24(3)33-31(37)28(21-25-14-6-5-7-15-25)34(22-26-16-9-8-13-23(26)2)30(36)19-12-20-35-32(38)27-17-10-11-18-29(27)41(35,39)40/h5-11,13-18,24,28H,4,12,19-22H2,1-3H3,(H,33,37)/t24-,28-/m1/s1. The molecule has 1 N–H and O–H groups in total. The minimum Gasteiger partial charge on any atom is -0.352 e. The molecule has 3 aromatic carbocycles. The van der Waals surface area contributed by atoms with Crippen LogP contribution in [-0.2, 0) is 32.6 Å². The lowest BCUT2D eigenvalue weighted by Gasteiger charge is -2.33. The number of amides is 3. The molecule has 1 heterocycles. The van der Waals surface area contributed by atoms with Crippen molar-refractivity contribution in [1.29, 1.82) is 0 Å². The molecule has 41 heavy (non-hydrogen) atoms. The normalized spacial score (nSPS) is 15.2. The third-order valence-corrected chi connectivity index (χ3v) is 9.38. The van der Waals surface area contributed by atoms with Gasteiger partial charge in [-0.05, 0) is 55.5 Å². The van der Waals surface area contributed by atoms with Gasteiger partial charge in [0.2, 0.25) is 11.8 Å². The molecule has 1 aliphatic rings. The Bertz CT molecular complexity index is 1510. The zero-order valence-corrected chi connectivity index (χ0v) is 24.6. The molecule has 0 saturated heterocycles. The molecule has 0 saturated carbocycles. The number of nitrogens with one attached hydrogen (secondary N) is 1. The van der Waals surface area contributed by atoms with Crippen LogP contribution in [0.3, 0.4) is 0 Å². The van der Waals surface area contributed by atoms with Crippen molar-refractivity contribution in [2.24, 2.45) is 0 Å². The fraction of sp³-hybridized carbons (Fsp3) is 0.344. The second-order valence-corrected chi connectivity index (χ2v) is 12.3. The highest BCUT2D eigenvalue weighted by atomic mass is 32.2.